The molecule has 2 heterocycles. The number of esters is 1. The predicted octanol–water partition coefficient (Wildman–Crippen LogP) is 4.01. The first-order valence-electron chi connectivity index (χ1n) is 12.2. The highest BCUT2D eigenvalue weighted by Crippen LogP contribution is 2.40. The van der Waals surface area contributed by atoms with Gasteiger partial charge in [-0.1, -0.05) is 31.4 Å². The maximum atomic E-state index is 13.4. The summed E-state index contributed by atoms with van der Waals surface area (Å²) in [5, 5.41) is 9.45. The summed E-state index contributed by atoms with van der Waals surface area (Å²) in [4.78, 5) is 27.2. The minimum absolute atomic E-state index is 0.0649. The Labute approximate surface area is 196 Å². The van der Waals surface area contributed by atoms with Crippen LogP contribution in [0.15, 0.2) is 36.1 Å². The highest BCUT2D eigenvalue weighted by molar-refractivity contribution is 5.92. The van der Waals surface area contributed by atoms with Crippen molar-refractivity contribution in [2.45, 2.75) is 64.1 Å². The van der Waals surface area contributed by atoms with E-state index in [-0.39, 0.29) is 30.3 Å². The van der Waals surface area contributed by atoms with Crippen LogP contribution >= 0.6 is 0 Å². The Balaban J connectivity index is 1.92. The first kappa shape index (κ1) is 25.2. The number of benzene rings is 1. The summed E-state index contributed by atoms with van der Waals surface area (Å²) >= 11 is 0. The van der Waals surface area contributed by atoms with Gasteiger partial charge in [-0.25, -0.2) is 4.79 Å². The number of aliphatic hydroxyl groups excluding tert-OH is 1. The number of hydrogen-bond donors (Lipinski definition) is 1. The zero-order valence-electron chi connectivity index (χ0n) is 19.8. The molecule has 7 heteroatoms. The van der Waals surface area contributed by atoms with Gasteiger partial charge in [0.15, 0.2) is 5.76 Å². The molecule has 2 aliphatic heterocycles. The van der Waals surface area contributed by atoms with Crippen LogP contribution < -0.4 is 0 Å². The lowest BCUT2D eigenvalue weighted by atomic mass is 9.80. The molecule has 0 spiro atoms. The number of hydrogen-bond acceptors (Lipinski definition) is 6. The number of carbonyl (C=O) groups is 2. The van der Waals surface area contributed by atoms with Crippen LogP contribution in [0.2, 0.25) is 0 Å². The van der Waals surface area contributed by atoms with Gasteiger partial charge in [0.25, 0.3) is 5.91 Å². The van der Waals surface area contributed by atoms with Crippen molar-refractivity contribution in [2.75, 3.05) is 33.4 Å². The normalized spacial score (nSPS) is 23.7. The van der Waals surface area contributed by atoms with Crippen LogP contribution in [-0.2, 0) is 19.0 Å². The van der Waals surface area contributed by atoms with E-state index in [1.807, 2.05) is 30.0 Å². The van der Waals surface area contributed by atoms with E-state index in [0.29, 0.717) is 30.8 Å². The molecule has 2 aliphatic rings. The van der Waals surface area contributed by atoms with Gasteiger partial charge >= 0.3 is 5.97 Å². The van der Waals surface area contributed by atoms with Gasteiger partial charge in [0.2, 0.25) is 6.29 Å². The lowest BCUT2D eigenvalue weighted by Gasteiger charge is -2.38. The molecule has 3 atom stereocenters. The third kappa shape index (κ3) is 6.58. The molecule has 0 bridgehead atoms. The largest absolute Gasteiger partial charge is 0.465 e. The Morgan fingerprint density at radius 1 is 1.09 bits per heavy atom. The van der Waals surface area contributed by atoms with Gasteiger partial charge in [0, 0.05) is 38.1 Å². The standard InChI is InChI=1S/C26H37NO6/c1-3-32-26-21(10-9-17-28)22(19-11-13-20(14-12-19)25(30)31-2)18-23(33-26)24(29)27-15-7-5-4-6-8-16-27/h11-14,18,21-22,26,28H,3-10,15-17H2,1-2H3. The monoisotopic (exact) mass is 459 g/mol. The zero-order chi connectivity index (χ0) is 23.6. The van der Waals surface area contributed by atoms with Crippen molar-refractivity contribution in [3.63, 3.8) is 0 Å². The Hall–Kier alpha value is -2.38. The molecule has 0 aliphatic carbocycles. The van der Waals surface area contributed by atoms with E-state index in [0.717, 1.165) is 44.3 Å². The van der Waals surface area contributed by atoms with E-state index in [9.17, 15) is 14.7 Å². The molecule has 1 N–H and O–H groups in total. The van der Waals surface area contributed by atoms with Crippen LogP contribution in [-0.4, -0.2) is 61.6 Å². The minimum atomic E-state index is -0.578. The maximum Gasteiger partial charge on any atom is 0.337 e. The van der Waals surface area contributed by atoms with Gasteiger partial charge in [0.1, 0.15) is 0 Å². The highest BCUT2D eigenvalue weighted by atomic mass is 16.7. The molecule has 1 fully saturated rings. The van der Waals surface area contributed by atoms with Crippen molar-refractivity contribution in [3.05, 3.63) is 47.2 Å². The fourth-order valence-electron chi connectivity index (χ4n) is 4.70. The molecule has 3 rings (SSSR count). The van der Waals surface area contributed by atoms with E-state index >= 15 is 0 Å². The van der Waals surface area contributed by atoms with Crippen LogP contribution in [0.3, 0.4) is 0 Å². The number of rotatable bonds is 8. The molecule has 1 amide bonds. The summed E-state index contributed by atoms with van der Waals surface area (Å²) in [6.45, 7) is 3.92. The number of aliphatic hydroxyl groups is 1. The summed E-state index contributed by atoms with van der Waals surface area (Å²) in [7, 11) is 1.36. The van der Waals surface area contributed by atoms with E-state index in [2.05, 4.69) is 0 Å². The summed E-state index contributed by atoms with van der Waals surface area (Å²) in [5.41, 5.74) is 1.44. The van der Waals surface area contributed by atoms with Gasteiger partial charge < -0.3 is 24.2 Å². The first-order valence-corrected chi connectivity index (χ1v) is 12.2. The van der Waals surface area contributed by atoms with E-state index < -0.39 is 6.29 Å². The second-order valence-electron chi connectivity index (χ2n) is 8.70. The molecule has 7 nitrogen and oxygen atoms in total. The van der Waals surface area contributed by atoms with Gasteiger partial charge in [-0.3, -0.25) is 4.79 Å². The zero-order valence-corrected chi connectivity index (χ0v) is 19.8. The molecule has 0 aromatic heterocycles. The Kier molecular flexibility index (Phi) is 9.76. The Bertz CT molecular complexity index is 798. The highest BCUT2D eigenvalue weighted by Gasteiger charge is 2.38. The molecule has 3 unspecified atom stereocenters. The lowest BCUT2D eigenvalue weighted by molar-refractivity contribution is -0.170. The summed E-state index contributed by atoms with van der Waals surface area (Å²) in [6.07, 6.45) is 8.15. The molecule has 0 saturated carbocycles. The summed E-state index contributed by atoms with van der Waals surface area (Å²) in [6, 6.07) is 7.27. The quantitative estimate of drug-likeness (QED) is 0.591. The van der Waals surface area contributed by atoms with E-state index in [4.69, 9.17) is 14.2 Å². The van der Waals surface area contributed by atoms with Crippen molar-refractivity contribution in [2.24, 2.45) is 5.92 Å². The number of ether oxygens (including phenoxy) is 3. The molecule has 1 aromatic carbocycles. The van der Waals surface area contributed by atoms with Gasteiger partial charge in [-0.05, 0) is 56.4 Å². The van der Waals surface area contributed by atoms with Crippen molar-refractivity contribution in [3.8, 4) is 0 Å². The van der Waals surface area contributed by atoms with Crippen molar-refractivity contribution in [1.82, 2.24) is 4.90 Å². The van der Waals surface area contributed by atoms with Crippen LogP contribution in [0.25, 0.3) is 0 Å². The van der Waals surface area contributed by atoms with Gasteiger partial charge in [-0.2, -0.15) is 0 Å². The van der Waals surface area contributed by atoms with Gasteiger partial charge in [0.05, 0.1) is 12.7 Å². The topological polar surface area (TPSA) is 85.3 Å². The molecular weight excluding hydrogens is 422 g/mol. The minimum Gasteiger partial charge on any atom is -0.465 e. The van der Waals surface area contributed by atoms with Crippen molar-refractivity contribution >= 4 is 11.9 Å². The van der Waals surface area contributed by atoms with Crippen LogP contribution in [0.4, 0.5) is 0 Å². The van der Waals surface area contributed by atoms with Gasteiger partial charge in [-0.15, -0.1) is 0 Å². The number of nitrogens with zero attached hydrogens (tertiary/aromatic N) is 1. The average Bonchev–Trinajstić information content (AvgIpc) is 2.82. The Morgan fingerprint density at radius 2 is 1.76 bits per heavy atom. The molecule has 1 saturated heterocycles. The fraction of sp³-hybridized carbons (Fsp3) is 0.615. The van der Waals surface area contributed by atoms with E-state index in [1.165, 1.54) is 13.5 Å². The summed E-state index contributed by atoms with van der Waals surface area (Å²) in [5.74, 6) is -0.344. The van der Waals surface area contributed by atoms with Crippen molar-refractivity contribution in [1.29, 1.82) is 0 Å². The Morgan fingerprint density at radius 3 is 2.36 bits per heavy atom. The molecule has 0 radical (unpaired) electrons. The number of carbonyl (C=O) groups excluding carboxylic acids is 2. The fourth-order valence-corrected chi connectivity index (χ4v) is 4.70. The van der Waals surface area contributed by atoms with Crippen LogP contribution in [0.5, 0.6) is 0 Å². The number of methoxy groups -OCH3 is 1. The number of allylic oxidation sites excluding steroid dienone is 1. The number of amides is 1. The third-order valence-corrected chi connectivity index (χ3v) is 6.48. The third-order valence-electron chi connectivity index (χ3n) is 6.48. The van der Waals surface area contributed by atoms with Crippen LogP contribution in [0.1, 0.15) is 73.7 Å². The average molecular weight is 460 g/mol. The molecular formula is C26H37NO6. The second-order valence-corrected chi connectivity index (χ2v) is 8.70. The molecule has 1 aromatic rings. The van der Waals surface area contributed by atoms with Crippen LogP contribution in [0, 0.1) is 5.92 Å². The maximum absolute atomic E-state index is 13.4. The smallest absolute Gasteiger partial charge is 0.337 e. The van der Waals surface area contributed by atoms with Crippen molar-refractivity contribution < 1.29 is 28.9 Å². The predicted molar refractivity (Wildman–Crippen MR) is 125 cm³/mol. The molecule has 182 valence electrons. The van der Waals surface area contributed by atoms with E-state index in [1.54, 1.807) is 12.1 Å². The first-order chi connectivity index (χ1) is 16.1. The SMILES string of the molecule is CCOC1OC(C(=O)N2CCCCCCC2)=CC(c2ccc(C(=O)OC)cc2)C1CCCO. The number of likely N-dealkylation sites (tertiary alicyclic amines) is 1. The lowest BCUT2D eigenvalue weighted by Crippen LogP contribution is -2.41. The molecule has 33 heavy (non-hydrogen) atoms. The summed E-state index contributed by atoms with van der Waals surface area (Å²) < 4.78 is 16.9. The second kappa shape index (κ2) is 12.8.